The van der Waals surface area contributed by atoms with Crippen molar-refractivity contribution in [2.24, 2.45) is 5.73 Å². The summed E-state index contributed by atoms with van der Waals surface area (Å²) < 4.78 is 7.66. The number of benzene rings is 1. The number of halogens is 2. The first-order valence-corrected chi connectivity index (χ1v) is 9.62. The molecule has 0 spiro atoms. The Morgan fingerprint density at radius 3 is 2.76 bits per heavy atom. The third kappa shape index (κ3) is 4.44. The molecule has 1 fully saturated rings. The minimum Gasteiger partial charge on any atom is -0.467 e. The predicted octanol–water partition coefficient (Wildman–Crippen LogP) is 4.53. The van der Waals surface area contributed by atoms with Crippen LogP contribution in [0.2, 0.25) is 0 Å². The number of carbonyl (C=O) groups is 1. The van der Waals surface area contributed by atoms with Gasteiger partial charge in [0.25, 0.3) is 5.91 Å². The molecule has 1 aliphatic rings. The second-order valence-electron chi connectivity index (χ2n) is 7.52. The number of imidazole rings is 1. The van der Waals surface area contributed by atoms with Crippen LogP contribution >= 0.6 is 24.8 Å². The average molecular weight is 439 g/mol. The number of amides is 1. The smallest absolute Gasteiger partial charge is 0.257 e. The number of piperidine rings is 1. The molecule has 2 aromatic heterocycles. The lowest BCUT2D eigenvalue weighted by Crippen LogP contribution is -2.39. The maximum atomic E-state index is 12.9. The highest BCUT2D eigenvalue weighted by Crippen LogP contribution is 2.32. The van der Waals surface area contributed by atoms with Gasteiger partial charge < -0.3 is 19.6 Å². The standard InChI is InChI=1S/C21H26N4O2.2ClH/c1-14(2)25-19-8-4-3-7-18(19)23-20(25)15-6-5-9-24(12-15)21(26)16-10-17(11-22)27-13-16;;/h3-4,7-8,10,13-15H,5-6,9,11-12,22H2,1-2H3;2*1H. The summed E-state index contributed by atoms with van der Waals surface area (Å²) >= 11 is 0. The summed E-state index contributed by atoms with van der Waals surface area (Å²) in [6.45, 7) is 6.11. The Labute approximate surface area is 183 Å². The highest BCUT2D eigenvalue weighted by atomic mass is 35.5. The van der Waals surface area contributed by atoms with Crippen molar-refractivity contribution < 1.29 is 9.21 Å². The molecular formula is C21H28Cl2N4O2. The van der Waals surface area contributed by atoms with E-state index in [9.17, 15) is 4.79 Å². The van der Waals surface area contributed by atoms with Crippen LogP contribution in [0.3, 0.4) is 0 Å². The molecule has 2 N–H and O–H groups in total. The number of likely N-dealkylation sites (tertiary alicyclic amines) is 1. The average Bonchev–Trinajstić information content (AvgIpc) is 3.32. The van der Waals surface area contributed by atoms with Crippen LogP contribution in [0.4, 0.5) is 0 Å². The number of aromatic nitrogens is 2. The molecule has 1 saturated heterocycles. The Morgan fingerprint density at radius 1 is 1.31 bits per heavy atom. The van der Waals surface area contributed by atoms with Gasteiger partial charge in [0.2, 0.25) is 0 Å². The van der Waals surface area contributed by atoms with Crippen molar-refractivity contribution >= 4 is 41.8 Å². The molecular weight excluding hydrogens is 411 g/mol. The molecule has 0 bridgehead atoms. The molecule has 0 radical (unpaired) electrons. The summed E-state index contributed by atoms with van der Waals surface area (Å²) in [6.07, 6.45) is 3.52. The van der Waals surface area contributed by atoms with Crippen LogP contribution in [0, 0.1) is 0 Å². The molecule has 1 unspecified atom stereocenters. The first-order valence-electron chi connectivity index (χ1n) is 9.62. The topological polar surface area (TPSA) is 77.3 Å². The van der Waals surface area contributed by atoms with E-state index in [0.717, 1.165) is 36.2 Å². The van der Waals surface area contributed by atoms with Gasteiger partial charge in [0, 0.05) is 25.0 Å². The quantitative estimate of drug-likeness (QED) is 0.648. The van der Waals surface area contributed by atoms with Gasteiger partial charge in [-0.15, -0.1) is 24.8 Å². The van der Waals surface area contributed by atoms with Crippen molar-refractivity contribution in [2.75, 3.05) is 13.1 Å². The van der Waals surface area contributed by atoms with Crippen LogP contribution in [0.25, 0.3) is 11.0 Å². The summed E-state index contributed by atoms with van der Waals surface area (Å²) in [5.41, 5.74) is 8.35. The molecule has 1 aromatic carbocycles. The van der Waals surface area contributed by atoms with Gasteiger partial charge in [-0.3, -0.25) is 4.79 Å². The number of hydrogen-bond acceptors (Lipinski definition) is 4. The first kappa shape index (κ1) is 23.3. The molecule has 3 aromatic rings. The molecule has 1 atom stereocenters. The summed E-state index contributed by atoms with van der Waals surface area (Å²) in [4.78, 5) is 19.7. The maximum absolute atomic E-state index is 12.9. The summed E-state index contributed by atoms with van der Waals surface area (Å²) in [6, 6.07) is 10.3. The number of hydrogen-bond donors (Lipinski definition) is 1. The van der Waals surface area contributed by atoms with E-state index in [4.69, 9.17) is 15.1 Å². The van der Waals surface area contributed by atoms with Crippen molar-refractivity contribution in [1.29, 1.82) is 0 Å². The van der Waals surface area contributed by atoms with Gasteiger partial charge in [0.1, 0.15) is 17.8 Å². The molecule has 1 amide bonds. The number of nitrogens with zero attached hydrogens (tertiary/aromatic N) is 3. The van der Waals surface area contributed by atoms with Gasteiger partial charge >= 0.3 is 0 Å². The van der Waals surface area contributed by atoms with Gasteiger partial charge in [0.15, 0.2) is 0 Å². The summed E-state index contributed by atoms with van der Waals surface area (Å²) in [7, 11) is 0. The molecule has 158 valence electrons. The number of carbonyl (C=O) groups excluding carboxylic acids is 1. The largest absolute Gasteiger partial charge is 0.467 e. The van der Waals surface area contributed by atoms with Crippen molar-refractivity contribution in [3.05, 3.63) is 53.7 Å². The van der Waals surface area contributed by atoms with E-state index in [1.165, 1.54) is 6.26 Å². The highest BCUT2D eigenvalue weighted by molar-refractivity contribution is 5.94. The van der Waals surface area contributed by atoms with E-state index in [1.54, 1.807) is 6.07 Å². The first-order chi connectivity index (χ1) is 13.1. The normalized spacial score (nSPS) is 16.6. The summed E-state index contributed by atoms with van der Waals surface area (Å²) in [5.74, 6) is 1.96. The maximum Gasteiger partial charge on any atom is 0.257 e. The second kappa shape index (κ2) is 9.65. The molecule has 8 heteroatoms. The van der Waals surface area contributed by atoms with Gasteiger partial charge in [-0.25, -0.2) is 4.98 Å². The van der Waals surface area contributed by atoms with Gasteiger partial charge in [0.05, 0.1) is 23.1 Å². The van der Waals surface area contributed by atoms with Crippen molar-refractivity contribution in [2.45, 2.75) is 45.2 Å². The van der Waals surface area contributed by atoms with Crippen LogP contribution in [0.1, 0.15) is 60.6 Å². The van der Waals surface area contributed by atoms with E-state index in [1.807, 2.05) is 11.0 Å². The second-order valence-corrected chi connectivity index (χ2v) is 7.52. The predicted molar refractivity (Wildman–Crippen MR) is 119 cm³/mol. The minimum atomic E-state index is 0. The molecule has 29 heavy (non-hydrogen) atoms. The van der Waals surface area contributed by atoms with Crippen LogP contribution in [-0.2, 0) is 6.54 Å². The van der Waals surface area contributed by atoms with E-state index < -0.39 is 0 Å². The highest BCUT2D eigenvalue weighted by Gasteiger charge is 2.30. The van der Waals surface area contributed by atoms with E-state index in [2.05, 4.69) is 36.6 Å². The Kier molecular flexibility index (Phi) is 7.74. The third-order valence-electron chi connectivity index (χ3n) is 5.32. The zero-order valence-corrected chi connectivity index (χ0v) is 18.3. The fourth-order valence-electron chi connectivity index (χ4n) is 4.05. The van der Waals surface area contributed by atoms with Crippen LogP contribution in [0.5, 0.6) is 0 Å². The van der Waals surface area contributed by atoms with Crippen molar-refractivity contribution in [1.82, 2.24) is 14.5 Å². The number of fused-ring (bicyclic) bond motifs is 1. The zero-order valence-electron chi connectivity index (χ0n) is 16.7. The molecule has 0 aliphatic carbocycles. The Morgan fingerprint density at radius 2 is 2.07 bits per heavy atom. The van der Waals surface area contributed by atoms with E-state index in [0.29, 0.717) is 30.5 Å². The molecule has 0 saturated carbocycles. The molecule has 3 heterocycles. The number of para-hydroxylation sites is 2. The lowest BCUT2D eigenvalue weighted by Gasteiger charge is -2.33. The van der Waals surface area contributed by atoms with Gasteiger partial charge in [-0.05, 0) is 44.9 Å². The fourth-order valence-corrected chi connectivity index (χ4v) is 4.05. The Bertz CT molecular complexity index is 967. The molecule has 6 nitrogen and oxygen atoms in total. The fraction of sp³-hybridized carbons (Fsp3) is 0.429. The van der Waals surface area contributed by atoms with Crippen molar-refractivity contribution in [3.8, 4) is 0 Å². The number of nitrogens with two attached hydrogens (primary N) is 1. The van der Waals surface area contributed by atoms with E-state index >= 15 is 0 Å². The molecule has 4 rings (SSSR count). The lowest BCUT2D eigenvalue weighted by atomic mass is 9.96. The minimum absolute atomic E-state index is 0. The number of furan rings is 1. The van der Waals surface area contributed by atoms with Crippen LogP contribution in [0.15, 0.2) is 41.0 Å². The third-order valence-corrected chi connectivity index (χ3v) is 5.32. The number of rotatable bonds is 4. The summed E-state index contributed by atoms with van der Waals surface area (Å²) in [5, 5.41) is 0. The monoisotopic (exact) mass is 438 g/mol. The zero-order chi connectivity index (χ0) is 19.0. The van der Waals surface area contributed by atoms with Gasteiger partial charge in [-0.2, -0.15) is 0 Å². The lowest BCUT2D eigenvalue weighted by molar-refractivity contribution is 0.0702. The Hall–Kier alpha value is -2.02. The molecule has 1 aliphatic heterocycles. The van der Waals surface area contributed by atoms with Gasteiger partial charge in [-0.1, -0.05) is 12.1 Å². The van der Waals surface area contributed by atoms with E-state index in [-0.39, 0.29) is 36.6 Å². The van der Waals surface area contributed by atoms with Crippen LogP contribution < -0.4 is 5.73 Å². The SMILES string of the molecule is CC(C)n1c(C2CCCN(C(=O)c3coc(CN)c3)C2)nc2ccccc21.Cl.Cl. The van der Waals surface area contributed by atoms with Crippen molar-refractivity contribution in [3.63, 3.8) is 0 Å². The Balaban J connectivity index is 0.00000150. The van der Waals surface area contributed by atoms with Crippen LogP contribution in [-0.4, -0.2) is 33.4 Å².